The van der Waals surface area contributed by atoms with E-state index in [1.807, 2.05) is 56.2 Å². The van der Waals surface area contributed by atoms with Gasteiger partial charge in [-0.2, -0.15) is 4.57 Å². The molecular weight excluding hydrogens is 473 g/mol. The van der Waals surface area contributed by atoms with Crippen molar-refractivity contribution in [2.75, 3.05) is 19.6 Å². The highest BCUT2D eigenvalue weighted by molar-refractivity contribution is 7.50. The van der Waals surface area contributed by atoms with Crippen LogP contribution in [0, 0.1) is 17.8 Å². The predicted molar refractivity (Wildman–Crippen MR) is 124 cm³/mol. The normalized spacial score (nSPS) is 54.1. The summed E-state index contributed by atoms with van der Waals surface area (Å²) in [6, 6.07) is 0.657. The Balaban J connectivity index is 1.25. The molecule has 3 saturated heterocycles. The number of carbonyl (C=O) groups excluding carboxylic acids is 3. The van der Waals surface area contributed by atoms with E-state index in [-0.39, 0.29) is 35.9 Å². The molecule has 35 heavy (non-hydrogen) atoms. The summed E-state index contributed by atoms with van der Waals surface area (Å²) in [6.07, 6.45) is 1.70. The summed E-state index contributed by atoms with van der Waals surface area (Å²) in [5.74, 6) is -2.18. The summed E-state index contributed by atoms with van der Waals surface area (Å²) < 4.78 is 30.3. The second kappa shape index (κ2) is 7.09. The molecule has 0 aromatic carbocycles. The van der Waals surface area contributed by atoms with Crippen molar-refractivity contribution >= 4 is 25.7 Å². The van der Waals surface area contributed by atoms with Gasteiger partial charge in [-0.25, -0.2) is 14.4 Å². The number of hydrogen-bond acceptors (Lipinski definition) is 10. The number of hydrogen-bond donors (Lipinski definition) is 0. The average Bonchev–Trinajstić information content (AvgIpc) is 3.53. The lowest BCUT2D eigenvalue weighted by molar-refractivity contribution is -0.151. The minimum atomic E-state index is -4.86. The molecule has 9 unspecified atom stereocenters. The van der Waals surface area contributed by atoms with Crippen molar-refractivity contribution in [3.63, 3.8) is 0 Å². The molecule has 6 aliphatic rings. The van der Waals surface area contributed by atoms with Crippen molar-refractivity contribution in [3.8, 4) is 0 Å². The first kappa shape index (κ1) is 23.9. The second-order valence-electron chi connectivity index (χ2n) is 12.2. The fourth-order valence-electron chi connectivity index (χ4n) is 6.61. The first-order valence-corrected chi connectivity index (χ1v) is 14.4. The molecule has 0 aromatic heterocycles. The summed E-state index contributed by atoms with van der Waals surface area (Å²) in [4.78, 5) is 46.1. The topological polar surface area (TPSA) is 105 Å². The summed E-state index contributed by atoms with van der Waals surface area (Å²) >= 11 is 0. The fraction of sp³-hybridized carbons (Fsp3) is 0.875. The summed E-state index contributed by atoms with van der Waals surface area (Å²) in [5.41, 5.74) is -2.69. The van der Waals surface area contributed by atoms with Crippen LogP contribution in [0.3, 0.4) is 0 Å². The Kier molecular flexibility index (Phi) is 4.84. The standard InChI is InChI=1S/C24H36N3O7P/c1-13-7-22(13,25-10-16(25)4)19(28)32-35(31,33-20(29)23(8-14(23)2)26-11-17(26)5)34-21(30)24(9-15(24)3)27-12-18(27)6/h13-18H,7-12H2,1-6H3/t13?,14?,15?,16?,17?,18?,22-,23-,24-,25?,26?,27?,35?/m1/s1. The van der Waals surface area contributed by atoms with Gasteiger partial charge in [-0.1, -0.05) is 20.8 Å². The third-order valence-corrected chi connectivity index (χ3v) is 10.7. The maximum absolute atomic E-state index is 14.0. The van der Waals surface area contributed by atoms with Gasteiger partial charge in [-0.3, -0.25) is 14.7 Å². The molecule has 194 valence electrons. The molecule has 3 saturated carbocycles. The Morgan fingerprint density at radius 1 is 0.600 bits per heavy atom. The molecule has 0 bridgehead atoms. The molecule has 6 fully saturated rings. The molecule has 0 radical (unpaired) electrons. The van der Waals surface area contributed by atoms with Gasteiger partial charge in [-0.05, 0) is 57.8 Å². The minimum absolute atomic E-state index is 0.0150. The van der Waals surface area contributed by atoms with Crippen molar-refractivity contribution < 1.29 is 32.5 Å². The second-order valence-corrected chi connectivity index (χ2v) is 13.6. The number of rotatable bonds is 9. The Labute approximate surface area is 206 Å². The van der Waals surface area contributed by atoms with Crippen LogP contribution in [0.1, 0.15) is 60.8 Å². The van der Waals surface area contributed by atoms with E-state index >= 15 is 0 Å². The summed E-state index contributed by atoms with van der Waals surface area (Å²) in [6.45, 7) is 14.0. The van der Waals surface area contributed by atoms with E-state index in [1.165, 1.54) is 0 Å². The Morgan fingerprint density at radius 3 is 0.943 bits per heavy atom. The van der Waals surface area contributed by atoms with Crippen LogP contribution in [-0.4, -0.2) is 87.0 Å². The van der Waals surface area contributed by atoms with E-state index in [9.17, 15) is 18.9 Å². The Morgan fingerprint density at radius 2 is 0.800 bits per heavy atom. The van der Waals surface area contributed by atoms with E-state index in [4.69, 9.17) is 13.6 Å². The number of phosphoric acid groups is 1. The first-order valence-electron chi connectivity index (χ1n) is 12.9. The van der Waals surface area contributed by atoms with Crippen molar-refractivity contribution in [2.24, 2.45) is 17.8 Å². The van der Waals surface area contributed by atoms with Gasteiger partial charge in [0, 0.05) is 37.8 Å². The van der Waals surface area contributed by atoms with Gasteiger partial charge in [0.05, 0.1) is 0 Å². The van der Waals surface area contributed by atoms with Crippen molar-refractivity contribution in [1.82, 2.24) is 14.7 Å². The zero-order valence-electron chi connectivity index (χ0n) is 21.4. The van der Waals surface area contributed by atoms with Gasteiger partial charge < -0.3 is 13.6 Å². The molecule has 11 heteroatoms. The minimum Gasteiger partial charge on any atom is -0.350 e. The van der Waals surface area contributed by atoms with E-state index < -0.39 is 42.3 Å². The SMILES string of the molecule is CC1CN1[C@]1(C(=O)OP(=O)(OC(=O)[C@@]2(N3CC3C)CC2C)OC(=O)[C@@]2(N3CC3C)CC2C)CC1C. The molecule has 0 N–H and O–H groups in total. The molecule has 0 spiro atoms. The number of nitrogens with zero attached hydrogens (tertiary/aromatic N) is 3. The zero-order valence-corrected chi connectivity index (χ0v) is 22.2. The maximum atomic E-state index is 14.0. The first-order chi connectivity index (χ1) is 16.3. The molecule has 3 aliphatic heterocycles. The van der Waals surface area contributed by atoms with E-state index in [0.717, 1.165) is 19.6 Å². The Bertz CT molecular complexity index is 941. The van der Waals surface area contributed by atoms with Crippen LogP contribution in [0.2, 0.25) is 0 Å². The van der Waals surface area contributed by atoms with Crippen molar-refractivity contribution in [2.45, 2.75) is 95.5 Å². The largest absolute Gasteiger partial charge is 0.653 e. The molecule has 10 nitrogen and oxygen atoms in total. The van der Waals surface area contributed by atoms with Gasteiger partial charge in [0.2, 0.25) is 0 Å². The average molecular weight is 510 g/mol. The highest BCUT2D eigenvalue weighted by Crippen LogP contribution is 2.63. The van der Waals surface area contributed by atoms with Gasteiger partial charge in [0.25, 0.3) is 0 Å². The van der Waals surface area contributed by atoms with Crippen LogP contribution in [-0.2, 0) is 32.5 Å². The van der Waals surface area contributed by atoms with Crippen LogP contribution < -0.4 is 0 Å². The van der Waals surface area contributed by atoms with E-state index in [0.29, 0.717) is 19.3 Å². The van der Waals surface area contributed by atoms with Crippen LogP contribution in [0.4, 0.5) is 0 Å². The lowest BCUT2D eigenvalue weighted by Crippen LogP contribution is -2.40. The summed E-state index contributed by atoms with van der Waals surface area (Å²) in [5, 5.41) is 0. The lowest BCUT2D eigenvalue weighted by atomic mass is 10.2. The van der Waals surface area contributed by atoms with Crippen molar-refractivity contribution in [3.05, 3.63) is 0 Å². The van der Waals surface area contributed by atoms with Gasteiger partial charge >= 0.3 is 25.7 Å². The summed E-state index contributed by atoms with van der Waals surface area (Å²) in [7, 11) is -4.86. The molecule has 3 aliphatic carbocycles. The van der Waals surface area contributed by atoms with Crippen LogP contribution >= 0.6 is 7.82 Å². The highest BCUT2D eigenvalue weighted by Gasteiger charge is 2.73. The fourth-order valence-corrected chi connectivity index (χ4v) is 7.80. The quantitative estimate of drug-likeness (QED) is 0.339. The number of carbonyl (C=O) groups is 3. The van der Waals surface area contributed by atoms with Crippen molar-refractivity contribution in [1.29, 1.82) is 0 Å². The van der Waals surface area contributed by atoms with E-state index in [2.05, 4.69) is 0 Å². The third kappa shape index (κ3) is 3.39. The highest BCUT2D eigenvalue weighted by atomic mass is 31.2. The van der Waals surface area contributed by atoms with Crippen LogP contribution in [0.25, 0.3) is 0 Å². The lowest BCUT2D eigenvalue weighted by Gasteiger charge is -2.25. The third-order valence-electron chi connectivity index (χ3n) is 9.58. The molecular formula is C24H36N3O7P. The molecule has 0 aromatic rings. The molecule has 0 amide bonds. The monoisotopic (exact) mass is 509 g/mol. The Hall–Kier alpha value is -1.48. The molecule has 3 heterocycles. The van der Waals surface area contributed by atoms with Gasteiger partial charge in [0.15, 0.2) is 0 Å². The van der Waals surface area contributed by atoms with Gasteiger partial charge in [0.1, 0.15) is 16.6 Å². The zero-order chi connectivity index (χ0) is 25.3. The van der Waals surface area contributed by atoms with E-state index in [1.54, 1.807) is 0 Å². The smallest absolute Gasteiger partial charge is 0.350 e. The molecule has 12 atom stereocenters. The maximum Gasteiger partial charge on any atom is 0.653 e. The van der Waals surface area contributed by atoms with Crippen LogP contribution in [0.5, 0.6) is 0 Å². The van der Waals surface area contributed by atoms with Gasteiger partial charge in [-0.15, -0.1) is 0 Å². The predicted octanol–water partition coefficient (Wildman–Crippen LogP) is 2.17. The number of phosphoric ester groups is 1. The van der Waals surface area contributed by atoms with Crippen LogP contribution in [0.15, 0.2) is 0 Å². The molecule has 6 rings (SSSR count).